The van der Waals surface area contributed by atoms with E-state index >= 15 is 0 Å². The average Bonchev–Trinajstić information content (AvgIpc) is 2.72. The SMILES string of the molecule is BrC1(c2ccncc2)CC1. The molecule has 0 unspecified atom stereocenters. The Morgan fingerprint density at radius 3 is 2.40 bits per heavy atom. The molecule has 1 aromatic rings. The van der Waals surface area contributed by atoms with Crippen molar-refractivity contribution in [2.75, 3.05) is 0 Å². The van der Waals surface area contributed by atoms with Gasteiger partial charge in [-0.05, 0) is 30.5 Å². The summed E-state index contributed by atoms with van der Waals surface area (Å²) in [7, 11) is 0. The second-order valence-electron chi connectivity index (χ2n) is 2.70. The summed E-state index contributed by atoms with van der Waals surface area (Å²) < 4.78 is 0.315. The predicted octanol–water partition coefficient (Wildman–Crippen LogP) is 2.47. The van der Waals surface area contributed by atoms with Crippen LogP contribution in [0.4, 0.5) is 0 Å². The van der Waals surface area contributed by atoms with Crippen LogP contribution in [-0.2, 0) is 4.32 Å². The van der Waals surface area contributed by atoms with E-state index in [0.717, 1.165) is 0 Å². The predicted molar refractivity (Wildman–Crippen MR) is 44.1 cm³/mol. The molecule has 0 bridgehead atoms. The van der Waals surface area contributed by atoms with Gasteiger partial charge in [0.2, 0.25) is 0 Å². The summed E-state index contributed by atoms with van der Waals surface area (Å²) in [4.78, 5) is 3.97. The first-order valence-electron chi connectivity index (χ1n) is 3.41. The highest BCUT2D eigenvalue weighted by Crippen LogP contribution is 2.53. The molecular weight excluding hydrogens is 190 g/mol. The molecule has 1 nitrogen and oxygen atoms in total. The lowest BCUT2D eigenvalue weighted by Crippen LogP contribution is -1.93. The van der Waals surface area contributed by atoms with Crippen LogP contribution in [0.2, 0.25) is 0 Å². The molecule has 1 aromatic heterocycles. The number of rotatable bonds is 1. The molecule has 2 rings (SSSR count). The molecule has 1 fully saturated rings. The maximum atomic E-state index is 3.97. The zero-order valence-electron chi connectivity index (χ0n) is 5.55. The summed E-state index contributed by atoms with van der Waals surface area (Å²) in [5, 5.41) is 0. The molecule has 1 heterocycles. The normalized spacial score (nSPS) is 20.5. The number of alkyl halides is 1. The van der Waals surface area contributed by atoms with Gasteiger partial charge in [0.25, 0.3) is 0 Å². The van der Waals surface area contributed by atoms with Crippen LogP contribution in [0.5, 0.6) is 0 Å². The van der Waals surface area contributed by atoms with Crippen molar-refractivity contribution >= 4 is 15.9 Å². The van der Waals surface area contributed by atoms with Gasteiger partial charge < -0.3 is 0 Å². The molecule has 0 aromatic carbocycles. The fraction of sp³-hybridized carbons (Fsp3) is 0.375. The minimum Gasteiger partial charge on any atom is -0.265 e. The van der Waals surface area contributed by atoms with Crippen molar-refractivity contribution in [3.05, 3.63) is 30.1 Å². The lowest BCUT2D eigenvalue weighted by Gasteiger charge is -2.03. The van der Waals surface area contributed by atoms with Crippen molar-refractivity contribution in [2.24, 2.45) is 0 Å². The molecule has 1 aliphatic carbocycles. The van der Waals surface area contributed by atoms with E-state index in [1.165, 1.54) is 18.4 Å². The van der Waals surface area contributed by atoms with Gasteiger partial charge in [-0.1, -0.05) is 15.9 Å². The summed E-state index contributed by atoms with van der Waals surface area (Å²) in [5.74, 6) is 0. The molecule has 10 heavy (non-hydrogen) atoms. The van der Waals surface area contributed by atoms with Crippen molar-refractivity contribution < 1.29 is 0 Å². The van der Waals surface area contributed by atoms with E-state index in [-0.39, 0.29) is 0 Å². The van der Waals surface area contributed by atoms with E-state index in [2.05, 4.69) is 33.0 Å². The van der Waals surface area contributed by atoms with E-state index in [0.29, 0.717) is 4.32 Å². The molecule has 0 N–H and O–H groups in total. The van der Waals surface area contributed by atoms with Crippen LogP contribution in [-0.4, -0.2) is 4.98 Å². The molecular formula is C8H8BrN. The summed E-state index contributed by atoms with van der Waals surface area (Å²) in [6.45, 7) is 0. The van der Waals surface area contributed by atoms with Crippen molar-refractivity contribution in [1.82, 2.24) is 4.98 Å². The molecule has 0 amide bonds. The van der Waals surface area contributed by atoms with E-state index in [4.69, 9.17) is 0 Å². The van der Waals surface area contributed by atoms with Gasteiger partial charge in [-0.25, -0.2) is 0 Å². The van der Waals surface area contributed by atoms with E-state index in [1.807, 2.05) is 12.4 Å². The van der Waals surface area contributed by atoms with Gasteiger partial charge in [0.1, 0.15) is 0 Å². The van der Waals surface area contributed by atoms with Crippen LogP contribution in [0.15, 0.2) is 24.5 Å². The molecule has 0 radical (unpaired) electrons. The third-order valence-corrected chi connectivity index (χ3v) is 3.14. The third kappa shape index (κ3) is 0.966. The summed E-state index contributed by atoms with van der Waals surface area (Å²) in [6, 6.07) is 4.14. The molecule has 52 valence electrons. The average molecular weight is 198 g/mol. The van der Waals surface area contributed by atoms with Crippen molar-refractivity contribution in [1.29, 1.82) is 0 Å². The topological polar surface area (TPSA) is 12.9 Å². The first-order valence-corrected chi connectivity index (χ1v) is 4.20. The second kappa shape index (κ2) is 2.06. The number of hydrogen-bond donors (Lipinski definition) is 0. The second-order valence-corrected chi connectivity index (χ2v) is 4.22. The highest BCUT2D eigenvalue weighted by molar-refractivity contribution is 9.09. The van der Waals surface area contributed by atoms with Gasteiger partial charge in [0.05, 0.1) is 4.32 Å². The maximum Gasteiger partial charge on any atom is 0.0508 e. The largest absolute Gasteiger partial charge is 0.265 e. The highest BCUT2D eigenvalue weighted by Gasteiger charge is 2.41. The van der Waals surface area contributed by atoms with Crippen molar-refractivity contribution in [3.63, 3.8) is 0 Å². The van der Waals surface area contributed by atoms with Crippen LogP contribution in [0.3, 0.4) is 0 Å². The minimum atomic E-state index is 0.315. The standard InChI is InChI=1S/C8H8BrN/c9-8(3-4-8)7-1-5-10-6-2-7/h1-2,5-6H,3-4H2. The van der Waals surface area contributed by atoms with Crippen LogP contribution < -0.4 is 0 Å². The van der Waals surface area contributed by atoms with Gasteiger partial charge in [-0.3, -0.25) is 4.98 Å². The minimum absolute atomic E-state index is 0.315. The Kier molecular flexibility index (Phi) is 1.31. The summed E-state index contributed by atoms with van der Waals surface area (Å²) in [5.41, 5.74) is 1.36. The lowest BCUT2D eigenvalue weighted by molar-refractivity contribution is 1.05. The zero-order valence-corrected chi connectivity index (χ0v) is 7.13. The van der Waals surface area contributed by atoms with Crippen molar-refractivity contribution in [3.8, 4) is 0 Å². The van der Waals surface area contributed by atoms with Crippen LogP contribution >= 0.6 is 15.9 Å². The van der Waals surface area contributed by atoms with Gasteiger partial charge in [0.15, 0.2) is 0 Å². The fourth-order valence-corrected chi connectivity index (χ4v) is 1.51. The first kappa shape index (κ1) is 6.35. The number of nitrogens with zero attached hydrogens (tertiary/aromatic N) is 1. The first-order chi connectivity index (χ1) is 4.81. The molecule has 0 saturated heterocycles. The van der Waals surface area contributed by atoms with Crippen LogP contribution in [0.1, 0.15) is 18.4 Å². The fourth-order valence-electron chi connectivity index (χ4n) is 1.05. The van der Waals surface area contributed by atoms with Crippen LogP contribution in [0, 0.1) is 0 Å². The third-order valence-electron chi connectivity index (χ3n) is 1.89. The number of hydrogen-bond acceptors (Lipinski definition) is 1. The smallest absolute Gasteiger partial charge is 0.0508 e. The zero-order chi connectivity index (χ0) is 7.03. The Bertz CT molecular complexity index is 228. The quantitative estimate of drug-likeness (QED) is 0.631. The van der Waals surface area contributed by atoms with Crippen LogP contribution in [0.25, 0.3) is 0 Å². The monoisotopic (exact) mass is 197 g/mol. The van der Waals surface area contributed by atoms with E-state index in [1.54, 1.807) is 0 Å². The van der Waals surface area contributed by atoms with E-state index in [9.17, 15) is 0 Å². The maximum absolute atomic E-state index is 3.97. The molecule has 1 aliphatic rings. The van der Waals surface area contributed by atoms with Gasteiger partial charge >= 0.3 is 0 Å². The Morgan fingerprint density at radius 2 is 1.90 bits per heavy atom. The van der Waals surface area contributed by atoms with E-state index < -0.39 is 0 Å². The number of aromatic nitrogens is 1. The molecule has 0 atom stereocenters. The number of halogens is 1. The summed E-state index contributed by atoms with van der Waals surface area (Å²) in [6.07, 6.45) is 6.21. The van der Waals surface area contributed by atoms with Gasteiger partial charge in [-0.2, -0.15) is 0 Å². The summed E-state index contributed by atoms with van der Waals surface area (Å²) >= 11 is 3.67. The molecule has 0 aliphatic heterocycles. The molecule has 0 spiro atoms. The van der Waals surface area contributed by atoms with Gasteiger partial charge in [-0.15, -0.1) is 0 Å². The lowest BCUT2D eigenvalue weighted by atomic mass is 10.2. The Labute approximate surface area is 68.6 Å². The Morgan fingerprint density at radius 1 is 1.30 bits per heavy atom. The highest BCUT2D eigenvalue weighted by atomic mass is 79.9. The molecule has 1 saturated carbocycles. The molecule has 2 heteroatoms. The van der Waals surface area contributed by atoms with Crippen molar-refractivity contribution in [2.45, 2.75) is 17.2 Å². The van der Waals surface area contributed by atoms with Gasteiger partial charge in [0, 0.05) is 12.4 Å². The number of pyridine rings is 1. The Hall–Kier alpha value is -0.370. The Balaban J connectivity index is 2.35.